The molecule has 0 unspecified atom stereocenters. The lowest BCUT2D eigenvalue weighted by molar-refractivity contribution is -0.133. The zero-order valence-electron chi connectivity index (χ0n) is 14.8. The number of anilines is 1. The number of aromatic nitrogens is 3. The number of rotatable bonds is 4. The van der Waals surface area contributed by atoms with E-state index in [1.807, 2.05) is 11.0 Å². The molecule has 1 fully saturated rings. The summed E-state index contributed by atoms with van der Waals surface area (Å²) in [6.45, 7) is 2.88. The van der Waals surface area contributed by atoms with Crippen molar-refractivity contribution >= 4 is 11.9 Å². The summed E-state index contributed by atoms with van der Waals surface area (Å²) >= 11 is 0. The van der Waals surface area contributed by atoms with E-state index in [0.717, 1.165) is 49.7 Å². The molecule has 26 heavy (non-hydrogen) atoms. The molecule has 0 spiro atoms. The van der Waals surface area contributed by atoms with Crippen molar-refractivity contribution in [3.63, 3.8) is 0 Å². The van der Waals surface area contributed by atoms with Crippen molar-refractivity contribution in [1.82, 2.24) is 19.9 Å². The number of ether oxygens (including phenoxy) is 1. The largest absolute Gasteiger partial charge is 0.483 e. The Morgan fingerprint density at radius 2 is 1.77 bits per heavy atom. The topological polar surface area (TPSA) is 71.5 Å². The third kappa shape index (κ3) is 3.61. The maximum Gasteiger partial charge on any atom is 0.260 e. The number of pyridine rings is 1. The van der Waals surface area contributed by atoms with Crippen LogP contribution in [0.2, 0.25) is 0 Å². The van der Waals surface area contributed by atoms with Crippen LogP contribution >= 0.6 is 0 Å². The SMILES string of the molecule is O=C(COc1ccnc2c1CCCC2)N1CCN(c2ncccn2)CC1. The molecule has 0 aromatic carbocycles. The predicted molar refractivity (Wildman–Crippen MR) is 97.2 cm³/mol. The van der Waals surface area contributed by atoms with Crippen molar-refractivity contribution in [3.05, 3.63) is 42.0 Å². The van der Waals surface area contributed by atoms with Gasteiger partial charge < -0.3 is 14.5 Å². The molecule has 2 aromatic rings. The van der Waals surface area contributed by atoms with E-state index in [1.54, 1.807) is 24.7 Å². The van der Waals surface area contributed by atoms with E-state index in [1.165, 1.54) is 12.0 Å². The van der Waals surface area contributed by atoms with E-state index in [4.69, 9.17) is 4.74 Å². The van der Waals surface area contributed by atoms with Crippen LogP contribution < -0.4 is 9.64 Å². The van der Waals surface area contributed by atoms with Crippen molar-refractivity contribution in [2.75, 3.05) is 37.7 Å². The Bertz CT molecular complexity index is 760. The molecule has 7 heteroatoms. The molecule has 0 saturated carbocycles. The number of aryl methyl sites for hydroxylation is 1. The summed E-state index contributed by atoms with van der Waals surface area (Å²) in [4.78, 5) is 29.5. The van der Waals surface area contributed by atoms with E-state index < -0.39 is 0 Å². The zero-order valence-corrected chi connectivity index (χ0v) is 14.8. The lowest BCUT2D eigenvalue weighted by Crippen LogP contribution is -2.50. The molecule has 0 N–H and O–H groups in total. The fraction of sp³-hybridized carbons (Fsp3) is 0.474. The summed E-state index contributed by atoms with van der Waals surface area (Å²) < 4.78 is 5.86. The molecule has 4 rings (SSSR count). The minimum absolute atomic E-state index is 0.0278. The van der Waals surface area contributed by atoms with Gasteiger partial charge in [0.15, 0.2) is 6.61 Å². The summed E-state index contributed by atoms with van der Waals surface area (Å²) in [6, 6.07) is 3.68. The molecule has 1 amide bonds. The molecular weight excluding hydrogens is 330 g/mol. The number of hydrogen-bond donors (Lipinski definition) is 0. The van der Waals surface area contributed by atoms with Crippen LogP contribution in [0.25, 0.3) is 0 Å². The number of hydrogen-bond acceptors (Lipinski definition) is 6. The highest BCUT2D eigenvalue weighted by atomic mass is 16.5. The van der Waals surface area contributed by atoms with Crippen LogP contribution in [0.1, 0.15) is 24.1 Å². The number of piperazine rings is 1. The Balaban J connectivity index is 1.31. The van der Waals surface area contributed by atoms with Gasteiger partial charge in [0, 0.05) is 56.0 Å². The fourth-order valence-corrected chi connectivity index (χ4v) is 3.57. The summed E-state index contributed by atoms with van der Waals surface area (Å²) in [5, 5.41) is 0. The van der Waals surface area contributed by atoms with Crippen molar-refractivity contribution in [1.29, 1.82) is 0 Å². The first-order valence-electron chi connectivity index (χ1n) is 9.20. The smallest absolute Gasteiger partial charge is 0.260 e. The first-order chi connectivity index (χ1) is 12.8. The number of nitrogens with zero attached hydrogens (tertiary/aromatic N) is 5. The quantitative estimate of drug-likeness (QED) is 0.829. The molecule has 1 aliphatic heterocycles. The van der Waals surface area contributed by atoms with Gasteiger partial charge in [0.1, 0.15) is 5.75 Å². The van der Waals surface area contributed by atoms with Gasteiger partial charge in [-0.25, -0.2) is 9.97 Å². The van der Waals surface area contributed by atoms with Crippen LogP contribution in [0.15, 0.2) is 30.7 Å². The molecule has 0 radical (unpaired) electrons. The minimum Gasteiger partial charge on any atom is -0.483 e. The van der Waals surface area contributed by atoms with E-state index >= 15 is 0 Å². The highest BCUT2D eigenvalue weighted by Gasteiger charge is 2.23. The number of amides is 1. The van der Waals surface area contributed by atoms with E-state index in [2.05, 4.69) is 19.9 Å². The van der Waals surface area contributed by atoms with Crippen LogP contribution in [0.5, 0.6) is 5.75 Å². The van der Waals surface area contributed by atoms with Crippen molar-refractivity contribution in [2.45, 2.75) is 25.7 Å². The second-order valence-electron chi connectivity index (χ2n) is 6.65. The van der Waals surface area contributed by atoms with Crippen LogP contribution in [0, 0.1) is 0 Å². The molecule has 3 heterocycles. The first kappa shape index (κ1) is 16.8. The second-order valence-corrected chi connectivity index (χ2v) is 6.65. The predicted octanol–water partition coefficient (Wildman–Crippen LogP) is 1.48. The Labute approximate surface area is 153 Å². The summed E-state index contributed by atoms with van der Waals surface area (Å²) in [7, 11) is 0. The zero-order chi connectivity index (χ0) is 17.8. The fourth-order valence-electron chi connectivity index (χ4n) is 3.57. The van der Waals surface area contributed by atoms with Gasteiger partial charge in [-0.3, -0.25) is 9.78 Å². The lowest BCUT2D eigenvalue weighted by Gasteiger charge is -2.34. The van der Waals surface area contributed by atoms with Crippen molar-refractivity contribution in [2.24, 2.45) is 0 Å². The van der Waals surface area contributed by atoms with Crippen LogP contribution in [-0.2, 0) is 17.6 Å². The van der Waals surface area contributed by atoms with Gasteiger partial charge in [-0.05, 0) is 37.8 Å². The lowest BCUT2D eigenvalue weighted by atomic mass is 9.95. The van der Waals surface area contributed by atoms with Gasteiger partial charge in [-0.1, -0.05) is 0 Å². The molecule has 0 atom stereocenters. The molecule has 2 aliphatic rings. The Kier molecular flexibility index (Phi) is 4.95. The number of carbonyl (C=O) groups excluding carboxylic acids is 1. The van der Waals surface area contributed by atoms with Gasteiger partial charge in [0.25, 0.3) is 5.91 Å². The van der Waals surface area contributed by atoms with Crippen LogP contribution in [0.3, 0.4) is 0 Å². The highest BCUT2D eigenvalue weighted by Crippen LogP contribution is 2.27. The number of fused-ring (bicyclic) bond motifs is 1. The third-order valence-electron chi connectivity index (χ3n) is 5.01. The van der Waals surface area contributed by atoms with E-state index in [-0.39, 0.29) is 12.5 Å². The summed E-state index contributed by atoms with van der Waals surface area (Å²) in [5.41, 5.74) is 2.30. The molecule has 136 valence electrons. The molecule has 7 nitrogen and oxygen atoms in total. The molecular formula is C19H23N5O2. The summed E-state index contributed by atoms with van der Waals surface area (Å²) in [5.74, 6) is 1.57. The maximum atomic E-state index is 12.5. The molecule has 1 aliphatic carbocycles. The minimum atomic E-state index is 0.0278. The van der Waals surface area contributed by atoms with Crippen molar-refractivity contribution in [3.8, 4) is 5.75 Å². The Morgan fingerprint density at radius 3 is 2.58 bits per heavy atom. The third-order valence-corrected chi connectivity index (χ3v) is 5.01. The first-order valence-corrected chi connectivity index (χ1v) is 9.20. The molecule has 1 saturated heterocycles. The van der Waals surface area contributed by atoms with E-state index in [9.17, 15) is 4.79 Å². The van der Waals surface area contributed by atoms with Crippen LogP contribution in [-0.4, -0.2) is 58.5 Å². The van der Waals surface area contributed by atoms with E-state index in [0.29, 0.717) is 13.1 Å². The van der Waals surface area contributed by atoms with Gasteiger partial charge in [0.2, 0.25) is 5.95 Å². The van der Waals surface area contributed by atoms with Gasteiger partial charge >= 0.3 is 0 Å². The monoisotopic (exact) mass is 353 g/mol. The highest BCUT2D eigenvalue weighted by molar-refractivity contribution is 5.78. The maximum absolute atomic E-state index is 12.5. The Hall–Kier alpha value is -2.70. The van der Waals surface area contributed by atoms with Gasteiger partial charge in [-0.2, -0.15) is 0 Å². The van der Waals surface area contributed by atoms with Crippen LogP contribution in [0.4, 0.5) is 5.95 Å². The van der Waals surface area contributed by atoms with Gasteiger partial charge in [0.05, 0.1) is 0 Å². The van der Waals surface area contributed by atoms with Crippen molar-refractivity contribution < 1.29 is 9.53 Å². The summed E-state index contributed by atoms with van der Waals surface area (Å²) in [6.07, 6.45) is 9.59. The average Bonchev–Trinajstić information content (AvgIpc) is 2.73. The standard InChI is InChI=1S/C19H23N5O2/c25-18(14-26-17-6-9-20-16-5-2-1-4-15(16)17)23-10-12-24(13-11-23)19-21-7-3-8-22-19/h3,6-9H,1-2,4-5,10-14H2. The number of carbonyl (C=O) groups is 1. The van der Waals surface area contributed by atoms with Gasteiger partial charge in [-0.15, -0.1) is 0 Å². The molecule has 2 aromatic heterocycles. The second kappa shape index (κ2) is 7.68. The average molecular weight is 353 g/mol. The normalized spacial score (nSPS) is 16.9. The molecule has 0 bridgehead atoms. The Morgan fingerprint density at radius 1 is 1.00 bits per heavy atom.